The number of methoxy groups -OCH3 is 1. The third kappa shape index (κ3) is 4.38. The molecule has 3 nitrogen and oxygen atoms in total. The molecule has 0 saturated carbocycles. The molecule has 0 aliphatic carbocycles. The van der Waals surface area contributed by atoms with Crippen LogP contribution >= 0.6 is 15.9 Å². The smallest absolute Gasteiger partial charge is 0.334 e. The van der Waals surface area contributed by atoms with Gasteiger partial charge in [0, 0.05) is 4.47 Å². The molecule has 0 aliphatic rings. The number of benzene rings is 1. The Bertz CT molecular complexity index is 423. The van der Waals surface area contributed by atoms with Crippen LogP contribution in [-0.2, 0) is 16.0 Å². The van der Waals surface area contributed by atoms with Crippen molar-refractivity contribution in [3.8, 4) is 0 Å². The molecule has 1 aromatic rings. The van der Waals surface area contributed by atoms with E-state index in [-0.39, 0.29) is 18.2 Å². The first kappa shape index (κ1) is 15.1. The molecule has 0 fully saturated rings. The van der Waals surface area contributed by atoms with E-state index in [1.54, 1.807) is 12.1 Å². The molecule has 2 atom stereocenters. The third-order valence-corrected chi connectivity index (χ3v) is 3.17. The van der Waals surface area contributed by atoms with Crippen molar-refractivity contribution in [1.29, 1.82) is 0 Å². The number of carbonyl (C=O) groups is 1. The van der Waals surface area contributed by atoms with Gasteiger partial charge >= 0.3 is 5.97 Å². The first-order chi connectivity index (χ1) is 8.43. The summed E-state index contributed by atoms with van der Waals surface area (Å²) >= 11 is 3.28. The van der Waals surface area contributed by atoms with E-state index in [2.05, 4.69) is 20.7 Å². The first-order valence-electron chi connectivity index (χ1n) is 5.64. The maximum absolute atomic E-state index is 13.5. The monoisotopic (exact) mass is 318 g/mol. The molecule has 0 spiro atoms. The second-order valence-electron chi connectivity index (χ2n) is 4.32. The molecule has 0 aliphatic heterocycles. The minimum atomic E-state index is -1.15. The van der Waals surface area contributed by atoms with Crippen molar-refractivity contribution in [2.45, 2.75) is 25.9 Å². The summed E-state index contributed by atoms with van der Waals surface area (Å²) < 4.78 is 18.8. The van der Waals surface area contributed by atoms with Crippen LogP contribution in [0.25, 0.3) is 0 Å². The molecule has 18 heavy (non-hydrogen) atoms. The molecule has 0 aromatic heterocycles. The van der Waals surface area contributed by atoms with Crippen LogP contribution in [0.4, 0.5) is 4.39 Å². The van der Waals surface area contributed by atoms with Crippen LogP contribution in [0, 0.1) is 11.7 Å². The lowest BCUT2D eigenvalue weighted by molar-refractivity contribution is -0.151. The van der Waals surface area contributed by atoms with Gasteiger partial charge in [0.2, 0.25) is 0 Å². The number of esters is 1. The molecule has 2 unspecified atom stereocenters. The Morgan fingerprint density at radius 3 is 2.83 bits per heavy atom. The zero-order valence-electron chi connectivity index (χ0n) is 10.3. The fourth-order valence-corrected chi connectivity index (χ4v) is 2.18. The van der Waals surface area contributed by atoms with Gasteiger partial charge < -0.3 is 9.84 Å². The van der Waals surface area contributed by atoms with Crippen molar-refractivity contribution in [2.24, 2.45) is 5.92 Å². The van der Waals surface area contributed by atoms with Gasteiger partial charge in [0.25, 0.3) is 0 Å². The number of halogens is 2. The average molecular weight is 319 g/mol. The predicted octanol–water partition coefficient (Wildman–Crippen LogP) is 2.69. The molecule has 1 N–H and O–H groups in total. The van der Waals surface area contributed by atoms with Crippen LogP contribution < -0.4 is 0 Å². The lowest BCUT2D eigenvalue weighted by atomic mass is 9.95. The molecule has 0 amide bonds. The Hall–Kier alpha value is -0.940. The number of carbonyl (C=O) groups excluding carboxylic acids is 1. The predicted molar refractivity (Wildman–Crippen MR) is 69.6 cm³/mol. The van der Waals surface area contributed by atoms with Crippen molar-refractivity contribution in [3.05, 3.63) is 34.1 Å². The molecule has 5 heteroatoms. The van der Waals surface area contributed by atoms with Crippen LogP contribution in [0.3, 0.4) is 0 Å². The van der Waals surface area contributed by atoms with Crippen LogP contribution in [0.1, 0.15) is 18.9 Å². The van der Waals surface area contributed by atoms with E-state index in [0.717, 1.165) is 4.47 Å². The summed E-state index contributed by atoms with van der Waals surface area (Å²) in [5.41, 5.74) is 0.564. The Balaban J connectivity index is 2.61. The highest BCUT2D eigenvalue weighted by Crippen LogP contribution is 2.20. The van der Waals surface area contributed by atoms with Crippen molar-refractivity contribution in [2.75, 3.05) is 7.11 Å². The minimum Gasteiger partial charge on any atom is -0.467 e. The highest BCUT2D eigenvalue weighted by molar-refractivity contribution is 9.10. The zero-order chi connectivity index (χ0) is 13.7. The van der Waals surface area contributed by atoms with E-state index < -0.39 is 12.1 Å². The van der Waals surface area contributed by atoms with Gasteiger partial charge in [-0.15, -0.1) is 0 Å². The fraction of sp³-hybridized carbons (Fsp3) is 0.462. The summed E-state index contributed by atoms with van der Waals surface area (Å²) in [6.45, 7) is 1.85. The number of rotatable bonds is 5. The van der Waals surface area contributed by atoms with Gasteiger partial charge in [0.15, 0.2) is 6.10 Å². The maximum atomic E-state index is 13.5. The van der Waals surface area contributed by atoms with Crippen LogP contribution in [0.5, 0.6) is 0 Å². The van der Waals surface area contributed by atoms with Crippen LogP contribution in [-0.4, -0.2) is 24.3 Å². The molecular weight excluding hydrogens is 303 g/mol. The molecule has 0 heterocycles. The molecular formula is C13H16BrFO3. The van der Waals surface area contributed by atoms with E-state index in [4.69, 9.17) is 0 Å². The van der Waals surface area contributed by atoms with Gasteiger partial charge in [0.05, 0.1) is 7.11 Å². The van der Waals surface area contributed by atoms with E-state index in [1.165, 1.54) is 13.2 Å². The molecule has 0 saturated heterocycles. The van der Waals surface area contributed by atoms with Gasteiger partial charge in [-0.3, -0.25) is 0 Å². The Kier molecular flexibility index (Phi) is 5.75. The van der Waals surface area contributed by atoms with Crippen molar-refractivity contribution >= 4 is 21.9 Å². The molecule has 100 valence electrons. The summed E-state index contributed by atoms with van der Waals surface area (Å²) in [5.74, 6) is -0.961. The SMILES string of the molecule is COC(=O)C(O)CC(C)Cc1cc(Br)ccc1F. The van der Waals surface area contributed by atoms with Crippen LogP contribution in [0.15, 0.2) is 22.7 Å². The lowest BCUT2D eigenvalue weighted by Gasteiger charge is -2.15. The Morgan fingerprint density at radius 2 is 2.22 bits per heavy atom. The number of ether oxygens (including phenoxy) is 1. The van der Waals surface area contributed by atoms with E-state index in [0.29, 0.717) is 12.0 Å². The zero-order valence-corrected chi connectivity index (χ0v) is 11.9. The van der Waals surface area contributed by atoms with Crippen LogP contribution in [0.2, 0.25) is 0 Å². The van der Waals surface area contributed by atoms with E-state index in [9.17, 15) is 14.3 Å². The molecule has 1 rings (SSSR count). The number of hydrogen-bond acceptors (Lipinski definition) is 3. The largest absolute Gasteiger partial charge is 0.467 e. The molecule has 0 bridgehead atoms. The van der Waals surface area contributed by atoms with E-state index in [1.807, 2.05) is 6.92 Å². The summed E-state index contributed by atoms with van der Waals surface area (Å²) in [6.07, 6.45) is -0.446. The van der Waals surface area contributed by atoms with Gasteiger partial charge in [-0.05, 0) is 42.5 Å². The minimum absolute atomic E-state index is 0.0251. The summed E-state index contributed by atoms with van der Waals surface area (Å²) in [7, 11) is 1.23. The second-order valence-corrected chi connectivity index (χ2v) is 5.24. The van der Waals surface area contributed by atoms with Gasteiger partial charge in [-0.25, -0.2) is 9.18 Å². The molecule has 1 aromatic carbocycles. The number of aliphatic hydroxyl groups is 1. The topological polar surface area (TPSA) is 46.5 Å². The summed E-state index contributed by atoms with van der Waals surface area (Å²) in [4.78, 5) is 11.1. The highest BCUT2D eigenvalue weighted by Gasteiger charge is 2.19. The fourth-order valence-electron chi connectivity index (χ4n) is 1.77. The number of aliphatic hydroxyl groups excluding tert-OH is 1. The van der Waals surface area contributed by atoms with Crippen molar-refractivity contribution in [3.63, 3.8) is 0 Å². The normalized spacial score (nSPS) is 14.1. The Morgan fingerprint density at radius 1 is 1.56 bits per heavy atom. The Labute approximate surface area is 114 Å². The molecule has 0 radical (unpaired) electrons. The standard InChI is InChI=1S/C13H16BrFO3/c1-8(6-12(16)13(17)18-2)5-9-7-10(14)3-4-11(9)15/h3-4,7-8,12,16H,5-6H2,1-2H3. The highest BCUT2D eigenvalue weighted by atomic mass is 79.9. The van der Waals surface area contributed by atoms with Gasteiger partial charge in [0.1, 0.15) is 5.82 Å². The lowest BCUT2D eigenvalue weighted by Crippen LogP contribution is -2.24. The maximum Gasteiger partial charge on any atom is 0.334 e. The quantitative estimate of drug-likeness (QED) is 0.849. The van der Waals surface area contributed by atoms with Gasteiger partial charge in [-0.2, -0.15) is 0 Å². The second kappa shape index (κ2) is 6.85. The van der Waals surface area contributed by atoms with Crippen molar-refractivity contribution in [1.82, 2.24) is 0 Å². The van der Waals surface area contributed by atoms with E-state index >= 15 is 0 Å². The first-order valence-corrected chi connectivity index (χ1v) is 6.43. The summed E-state index contributed by atoms with van der Waals surface area (Å²) in [5, 5.41) is 9.51. The summed E-state index contributed by atoms with van der Waals surface area (Å²) in [6, 6.07) is 4.73. The van der Waals surface area contributed by atoms with Crippen molar-refractivity contribution < 1.29 is 19.0 Å². The third-order valence-electron chi connectivity index (χ3n) is 2.68. The average Bonchev–Trinajstić information content (AvgIpc) is 2.32. The van der Waals surface area contributed by atoms with Gasteiger partial charge in [-0.1, -0.05) is 22.9 Å². The number of hydrogen-bond donors (Lipinski definition) is 1.